The fourth-order valence-electron chi connectivity index (χ4n) is 3.06. The van der Waals surface area contributed by atoms with Crippen LogP contribution >= 0.6 is 0 Å². The molecule has 2 N–H and O–H groups in total. The maximum atomic E-state index is 9.65. The number of phenols is 1. The van der Waals surface area contributed by atoms with Gasteiger partial charge in [0.05, 0.1) is 0 Å². The third-order valence-electron chi connectivity index (χ3n) is 4.06. The Balaban J connectivity index is 1.71. The molecule has 1 heterocycles. The van der Waals surface area contributed by atoms with Gasteiger partial charge < -0.3 is 0 Å². The van der Waals surface area contributed by atoms with Crippen LogP contribution in [0.1, 0.15) is 30.0 Å². The van der Waals surface area contributed by atoms with Crippen LogP contribution in [0.5, 0.6) is 5.75 Å². The summed E-state index contributed by atoms with van der Waals surface area (Å²) in [5.74, 6) is 0.353. The van der Waals surface area contributed by atoms with Crippen molar-refractivity contribution in [1.82, 2.24) is 7.96 Å². The molecule has 1 aliphatic rings. The van der Waals surface area contributed by atoms with Crippen molar-refractivity contribution in [2.75, 3.05) is 5.32 Å². The Hall–Kier alpha value is -1.84. The van der Waals surface area contributed by atoms with Crippen LogP contribution in [0, 0.1) is 0 Å². The van der Waals surface area contributed by atoms with Crippen LogP contribution in [0.2, 0.25) is 0 Å². The van der Waals surface area contributed by atoms with Crippen LogP contribution in [0.25, 0.3) is 11.0 Å². The first kappa shape index (κ1) is 12.9. The second-order valence-corrected chi connectivity index (χ2v) is 6.52. The van der Waals surface area contributed by atoms with E-state index in [0.29, 0.717) is 5.75 Å². The number of hydrogen-bond acceptors (Lipinski definition) is 4. The molecule has 2 aromatic carbocycles. The van der Waals surface area contributed by atoms with E-state index in [0.717, 1.165) is 36.0 Å². The number of anilines is 1. The van der Waals surface area contributed by atoms with Gasteiger partial charge in [-0.1, -0.05) is 0 Å². The molecule has 0 saturated carbocycles. The zero-order chi connectivity index (χ0) is 14.2. The first-order valence-corrected chi connectivity index (χ1v) is 8.64. The molecule has 0 saturated heterocycles. The Labute approximate surface area is 129 Å². The van der Waals surface area contributed by atoms with E-state index in [1.807, 2.05) is 24.3 Å². The van der Waals surface area contributed by atoms with Gasteiger partial charge in [-0.3, -0.25) is 0 Å². The summed E-state index contributed by atoms with van der Waals surface area (Å²) < 4.78 is 8.96. The monoisotopic (exact) mass is 345 g/mol. The molecule has 1 aliphatic carbocycles. The van der Waals surface area contributed by atoms with Gasteiger partial charge in [-0.2, -0.15) is 0 Å². The molecule has 0 amide bonds. The molecule has 0 spiro atoms. The molecule has 1 unspecified atom stereocenters. The summed E-state index contributed by atoms with van der Waals surface area (Å²) in [6.45, 7) is 0. The first-order chi connectivity index (χ1) is 10.3. The Morgan fingerprint density at radius 2 is 2.14 bits per heavy atom. The van der Waals surface area contributed by atoms with Gasteiger partial charge in [-0.15, -0.1) is 0 Å². The quantitative estimate of drug-likeness (QED) is 0.702. The van der Waals surface area contributed by atoms with Crippen molar-refractivity contribution in [2.45, 2.75) is 25.3 Å². The van der Waals surface area contributed by atoms with Gasteiger partial charge in [0, 0.05) is 0 Å². The number of nitrogens with zero attached hydrogens (tertiary/aromatic N) is 2. The Morgan fingerprint density at radius 3 is 3.10 bits per heavy atom. The molecule has 4 rings (SSSR count). The molecule has 1 atom stereocenters. The van der Waals surface area contributed by atoms with E-state index < -0.39 is 0 Å². The molecular weight excluding hydrogens is 329 g/mol. The average molecular weight is 344 g/mol. The van der Waals surface area contributed by atoms with Gasteiger partial charge in [0.2, 0.25) is 0 Å². The summed E-state index contributed by atoms with van der Waals surface area (Å²) in [4.78, 5) is 0. The minimum atomic E-state index is -0.00359. The van der Waals surface area contributed by atoms with Gasteiger partial charge in [-0.25, -0.2) is 0 Å². The van der Waals surface area contributed by atoms with Gasteiger partial charge >= 0.3 is 129 Å². The van der Waals surface area contributed by atoms with Crippen molar-refractivity contribution in [3.8, 4) is 5.75 Å². The summed E-state index contributed by atoms with van der Waals surface area (Å²) in [6, 6.07) is 12.1. The molecule has 3 aromatic rings. The summed E-state index contributed by atoms with van der Waals surface area (Å²) in [5.41, 5.74) is 5.61. The van der Waals surface area contributed by atoms with E-state index in [-0.39, 0.29) is 21.0 Å². The van der Waals surface area contributed by atoms with Gasteiger partial charge in [0.25, 0.3) is 0 Å². The molecule has 5 heteroatoms. The van der Waals surface area contributed by atoms with E-state index >= 15 is 0 Å². The summed E-state index contributed by atoms with van der Waals surface area (Å²) in [5, 5.41) is 13.3. The van der Waals surface area contributed by atoms with E-state index in [1.54, 1.807) is 6.07 Å². The average Bonchev–Trinajstić information content (AvgIpc) is 2.97. The van der Waals surface area contributed by atoms with Gasteiger partial charge in [0.1, 0.15) is 0 Å². The van der Waals surface area contributed by atoms with Crippen LogP contribution in [-0.2, 0) is 6.42 Å². The van der Waals surface area contributed by atoms with Crippen molar-refractivity contribution in [3.63, 3.8) is 0 Å². The van der Waals surface area contributed by atoms with E-state index in [4.69, 9.17) is 0 Å². The Kier molecular flexibility index (Phi) is 3.17. The molecule has 21 heavy (non-hydrogen) atoms. The second-order valence-electron chi connectivity index (χ2n) is 5.41. The number of hydrogen-bond donors (Lipinski definition) is 2. The van der Waals surface area contributed by atoms with Crippen LogP contribution in [0.3, 0.4) is 0 Å². The number of nitrogens with one attached hydrogen (secondary N) is 1. The number of aryl methyl sites for hydroxylation is 1. The van der Waals surface area contributed by atoms with Crippen molar-refractivity contribution < 1.29 is 5.11 Å². The van der Waals surface area contributed by atoms with Crippen LogP contribution < -0.4 is 5.32 Å². The van der Waals surface area contributed by atoms with E-state index in [2.05, 4.69) is 19.3 Å². The van der Waals surface area contributed by atoms with Gasteiger partial charge in [0.15, 0.2) is 0 Å². The molecule has 106 valence electrons. The topological polar surface area (TPSA) is 58.0 Å². The van der Waals surface area contributed by atoms with Crippen molar-refractivity contribution in [1.29, 1.82) is 0 Å². The Morgan fingerprint density at radius 1 is 1.19 bits per heavy atom. The van der Waals surface area contributed by atoms with E-state index in [9.17, 15) is 5.11 Å². The molecule has 0 bridgehead atoms. The minimum absolute atomic E-state index is 0.00359. The SMILES string of the molecule is Oc1ccc2c(c1)CCCC2Nc1cccc2n[se]nc12. The second kappa shape index (κ2) is 5.17. The van der Waals surface area contributed by atoms with Crippen molar-refractivity contribution in [3.05, 3.63) is 47.5 Å². The fraction of sp³-hybridized carbons (Fsp3) is 0.250. The summed E-state index contributed by atoms with van der Waals surface area (Å²) in [6.07, 6.45) is 3.27. The molecule has 4 nitrogen and oxygen atoms in total. The Bertz CT molecular complexity index is 799. The maximum absolute atomic E-state index is 9.65. The summed E-state index contributed by atoms with van der Waals surface area (Å²) >= 11 is -0.00359. The molecule has 1 aromatic heterocycles. The number of fused-ring (bicyclic) bond motifs is 2. The third kappa shape index (κ3) is 2.33. The van der Waals surface area contributed by atoms with Crippen molar-refractivity contribution >= 4 is 31.7 Å². The number of aromatic nitrogens is 2. The van der Waals surface area contributed by atoms with E-state index in [1.165, 1.54) is 11.1 Å². The summed E-state index contributed by atoms with van der Waals surface area (Å²) in [7, 11) is 0. The normalized spacial score (nSPS) is 17.6. The zero-order valence-corrected chi connectivity index (χ0v) is 13.1. The fourth-order valence-corrected chi connectivity index (χ4v) is 4.21. The van der Waals surface area contributed by atoms with Crippen molar-refractivity contribution in [2.24, 2.45) is 0 Å². The van der Waals surface area contributed by atoms with Crippen LogP contribution in [0.4, 0.5) is 5.69 Å². The number of phenolic OH excluding ortho intramolecular Hbond substituents is 1. The number of rotatable bonds is 2. The van der Waals surface area contributed by atoms with Crippen LogP contribution in [0.15, 0.2) is 36.4 Å². The number of aromatic hydroxyl groups is 1. The predicted octanol–water partition coefficient (Wildman–Crippen LogP) is 2.88. The molecule has 0 fully saturated rings. The molecule has 0 radical (unpaired) electrons. The third-order valence-corrected chi connectivity index (χ3v) is 5.19. The predicted molar refractivity (Wildman–Crippen MR) is 83.9 cm³/mol. The molecular formula is C16H15N3OSe. The van der Waals surface area contributed by atoms with Crippen LogP contribution in [-0.4, -0.2) is 28.0 Å². The first-order valence-electron chi connectivity index (χ1n) is 7.11. The number of benzene rings is 2. The molecule has 0 aliphatic heterocycles. The van der Waals surface area contributed by atoms with Gasteiger partial charge in [-0.05, 0) is 0 Å². The standard InChI is InChI=1S/C16H15N3OSe/c20-11-7-8-12-10(9-11)3-1-4-13(12)17-14-5-2-6-15-16(14)19-21-18-15/h2,5-9,13,17,20H,1,3-4H2. The zero-order valence-electron chi connectivity index (χ0n) is 11.4.